The summed E-state index contributed by atoms with van der Waals surface area (Å²) in [5, 5.41) is 0.810. The lowest BCUT2D eigenvalue weighted by molar-refractivity contribution is 0.0967. The Morgan fingerprint density at radius 1 is 1.33 bits per heavy atom. The molecular weight excluding hydrogens is 255 g/mol. The second-order valence-electron chi connectivity index (χ2n) is 3.31. The standard InChI is InChI=1S/C9H8Cl2N2OS/c1-15-9-12-7(10)5(8(11)13-9)6(14)4-2-3-4/h4H,2-3H2,1H3. The van der Waals surface area contributed by atoms with Crippen molar-refractivity contribution in [3.05, 3.63) is 15.9 Å². The highest BCUT2D eigenvalue weighted by Gasteiger charge is 2.34. The lowest BCUT2D eigenvalue weighted by Gasteiger charge is -2.05. The van der Waals surface area contributed by atoms with E-state index in [1.54, 1.807) is 0 Å². The van der Waals surface area contributed by atoms with Gasteiger partial charge < -0.3 is 0 Å². The number of nitrogens with zero attached hydrogens (tertiary/aromatic N) is 2. The number of carbonyl (C=O) groups is 1. The number of hydrogen-bond acceptors (Lipinski definition) is 4. The molecule has 1 aromatic rings. The van der Waals surface area contributed by atoms with Crippen LogP contribution in [0.5, 0.6) is 0 Å². The highest BCUT2D eigenvalue weighted by molar-refractivity contribution is 7.98. The second-order valence-corrected chi connectivity index (χ2v) is 4.79. The second kappa shape index (κ2) is 4.28. The lowest BCUT2D eigenvalue weighted by Crippen LogP contribution is -2.06. The van der Waals surface area contributed by atoms with Crippen molar-refractivity contribution in [3.8, 4) is 0 Å². The van der Waals surface area contributed by atoms with Crippen LogP contribution < -0.4 is 0 Å². The number of hydrogen-bond donors (Lipinski definition) is 0. The van der Waals surface area contributed by atoms with Gasteiger partial charge in [0.05, 0.1) is 5.56 Å². The molecule has 0 spiro atoms. The molecule has 0 unspecified atom stereocenters. The smallest absolute Gasteiger partial charge is 0.190 e. The number of Topliss-reactive ketones (excluding diaryl/α,β-unsaturated/α-hetero) is 1. The van der Waals surface area contributed by atoms with Gasteiger partial charge in [-0.15, -0.1) is 0 Å². The molecule has 80 valence electrons. The molecule has 0 amide bonds. The van der Waals surface area contributed by atoms with Crippen LogP contribution in [0.1, 0.15) is 23.2 Å². The minimum Gasteiger partial charge on any atom is -0.294 e. The van der Waals surface area contributed by atoms with Crippen LogP contribution in [0, 0.1) is 5.92 Å². The Hall–Kier alpha value is -0.320. The molecular formula is C9H8Cl2N2OS. The topological polar surface area (TPSA) is 42.9 Å². The Kier molecular flexibility index (Phi) is 3.19. The first-order valence-corrected chi connectivity index (χ1v) is 6.42. The summed E-state index contributed by atoms with van der Waals surface area (Å²) in [6.07, 6.45) is 3.65. The van der Waals surface area contributed by atoms with Crippen LogP contribution in [-0.2, 0) is 0 Å². The minimum atomic E-state index is -0.0300. The molecule has 6 heteroatoms. The predicted octanol–water partition coefficient (Wildman–Crippen LogP) is 3.10. The molecule has 1 heterocycles. The molecule has 1 saturated carbocycles. The van der Waals surface area contributed by atoms with E-state index in [9.17, 15) is 4.79 Å². The number of ketones is 1. The van der Waals surface area contributed by atoms with E-state index >= 15 is 0 Å². The van der Waals surface area contributed by atoms with Gasteiger partial charge >= 0.3 is 0 Å². The molecule has 0 atom stereocenters. The number of aromatic nitrogens is 2. The van der Waals surface area contributed by atoms with Crippen molar-refractivity contribution >= 4 is 40.7 Å². The monoisotopic (exact) mass is 262 g/mol. The molecule has 1 aliphatic rings. The lowest BCUT2D eigenvalue weighted by atomic mass is 10.1. The van der Waals surface area contributed by atoms with E-state index in [1.165, 1.54) is 11.8 Å². The van der Waals surface area contributed by atoms with Crippen molar-refractivity contribution in [2.24, 2.45) is 5.92 Å². The molecule has 0 aliphatic heterocycles. The Bertz CT molecular complexity index is 398. The van der Waals surface area contributed by atoms with Gasteiger partial charge in [0.1, 0.15) is 10.3 Å². The zero-order valence-electron chi connectivity index (χ0n) is 7.96. The van der Waals surface area contributed by atoms with Crippen LogP contribution in [0.2, 0.25) is 10.3 Å². The maximum absolute atomic E-state index is 11.8. The molecule has 0 saturated heterocycles. The molecule has 0 radical (unpaired) electrons. The summed E-state index contributed by atoms with van der Waals surface area (Å²) >= 11 is 13.2. The average Bonchev–Trinajstić information content (AvgIpc) is 2.99. The summed E-state index contributed by atoms with van der Waals surface area (Å²) in [5.41, 5.74) is 0.277. The molecule has 15 heavy (non-hydrogen) atoms. The van der Waals surface area contributed by atoms with E-state index in [0.29, 0.717) is 5.16 Å². The van der Waals surface area contributed by atoms with Crippen LogP contribution in [0.25, 0.3) is 0 Å². The Morgan fingerprint density at radius 2 is 1.87 bits per heavy atom. The maximum Gasteiger partial charge on any atom is 0.190 e. The molecule has 0 aromatic carbocycles. The first-order valence-electron chi connectivity index (χ1n) is 4.44. The van der Waals surface area contributed by atoms with E-state index in [-0.39, 0.29) is 27.6 Å². The van der Waals surface area contributed by atoms with Crippen LogP contribution >= 0.6 is 35.0 Å². The van der Waals surface area contributed by atoms with Crippen molar-refractivity contribution in [2.75, 3.05) is 6.26 Å². The molecule has 1 aromatic heterocycles. The van der Waals surface area contributed by atoms with Crippen molar-refractivity contribution in [2.45, 2.75) is 18.0 Å². The first-order chi connectivity index (χ1) is 7.13. The largest absolute Gasteiger partial charge is 0.294 e. The normalized spacial score (nSPS) is 15.4. The van der Waals surface area contributed by atoms with Crippen molar-refractivity contribution in [3.63, 3.8) is 0 Å². The highest BCUT2D eigenvalue weighted by Crippen LogP contribution is 2.36. The SMILES string of the molecule is CSc1nc(Cl)c(C(=O)C2CC2)c(Cl)n1. The van der Waals surface area contributed by atoms with E-state index < -0.39 is 0 Å². The Morgan fingerprint density at radius 3 is 2.27 bits per heavy atom. The van der Waals surface area contributed by atoms with E-state index in [0.717, 1.165) is 12.8 Å². The first kappa shape index (κ1) is 11.2. The highest BCUT2D eigenvalue weighted by atomic mass is 35.5. The van der Waals surface area contributed by atoms with Crippen LogP contribution in [0.3, 0.4) is 0 Å². The van der Waals surface area contributed by atoms with Crippen molar-refractivity contribution in [1.82, 2.24) is 9.97 Å². The predicted molar refractivity (Wildman–Crippen MR) is 60.9 cm³/mol. The summed E-state index contributed by atoms with van der Waals surface area (Å²) in [4.78, 5) is 19.8. The fourth-order valence-corrected chi connectivity index (χ4v) is 2.27. The summed E-state index contributed by atoms with van der Waals surface area (Å²) in [7, 11) is 0. The Labute approximate surface area is 102 Å². The van der Waals surface area contributed by atoms with Gasteiger partial charge in [-0.3, -0.25) is 4.79 Å². The van der Waals surface area contributed by atoms with Crippen LogP contribution in [0.15, 0.2) is 5.16 Å². The summed E-state index contributed by atoms with van der Waals surface area (Å²) in [6, 6.07) is 0. The van der Waals surface area contributed by atoms with Crippen LogP contribution in [-0.4, -0.2) is 22.0 Å². The van der Waals surface area contributed by atoms with Gasteiger partial charge in [-0.1, -0.05) is 35.0 Å². The fraction of sp³-hybridized carbons (Fsp3) is 0.444. The number of halogens is 2. The minimum absolute atomic E-state index is 0.0300. The van der Waals surface area contributed by atoms with Gasteiger partial charge in [-0.25, -0.2) is 9.97 Å². The zero-order chi connectivity index (χ0) is 11.0. The van der Waals surface area contributed by atoms with E-state index in [4.69, 9.17) is 23.2 Å². The van der Waals surface area contributed by atoms with Crippen molar-refractivity contribution < 1.29 is 4.79 Å². The van der Waals surface area contributed by atoms with E-state index in [2.05, 4.69) is 9.97 Å². The zero-order valence-corrected chi connectivity index (χ0v) is 10.3. The molecule has 1 fully saturated rings. The van der Waals surface area contributed by atoms with Gasteiger partial charge in [-0.2, -0.15) is 0 Å². The van der Waals surface area contributed by atoms with Gasteiger partial charge in [0.15, 0.2) is 10.9 Å². The summed E-state index contributed by atoms with van der Waals surface area (Å²) < 4.78 is 0. The van der Waals surface area contributed by atoms with Gasteiger partial charge in [0, 0.05) is 5.92 Å². The fourth-order valence-electron chi connectivity index (χ4n) is 1.23. The number of carbonyl (C=O) groups excluding carboxylic acids is 1. The van der Waals surface area contributed by atoms with Crippen LogP contribution in [0.4, 0.5) is 0 Å². The molecule has 0 bridgehead atoms. The number of rotatable bonds is 3. The van der Waals surface area contributed by atoms with Gasteiger partial charge in [-0.05, 0) is 19.1 Å². The third-order valence-corrected chi connectivity index (χ3v) is 3.27. The Balaban J connectivity index is 2.42. The quantitative estimate of drug-likeness (QED) is 0.364. The molecule has 3 nitrogen and oxygen atoms in total. The summed E-state index contributed by atoms with van der Waals surface area (Å²) in [5.74, 6) is 0.0429. The molecule has 1 aliphatic carbocycles. The summed E-state index contributed by atoms with van der Waals surface area (Å²) in [6.45, 7) is 0. The maximum atomic E-state index is 11.8. The molecule has 0 N–H and O–H groups in total. The third-order valence-electron chi connectivity index (χ3n) is 2.18. The average molecular weight is 263 g/mol. The van der Waals surface area contributed by atoms with Crippen molar-refractivity contribution in [1.29, 1.82) is 0 Å². The van der Waals surface area contributed by atoms with Gasteiger partial charge in [0.2, 0.25) is 0 Å². The van der Waals surface area contributed by atoms with E-state index in [1.807, 2.05) is 6.26 Å². The third kappa shape index (κ3) is 2.27. The van der Waals surface area contributed by atoms with Gasteiger partial charge in [0.25, 0.3) is 0 Å². The number of thioether (sulfide) groups is 1. The molecule has 2 rings (SSSR count).